The van der Waals surface area contributed by atoms with Gasteiger partial charge in [0.15, 0.2) is 28.6 Å². The Morgan fingerprint density at radius 2 is 1.61 bits per heavy atom. The molecule has 1 N–H and O–H groups in total. The van der Waals surface area contributed by atoms with Crippen molar-refractivity contribution >= 4 is 23.4 Å². The molecule has 0 saturated carbocycles. The van der Waals surface area contributed by atoms with Gasteiger partial charge in [0.25, 0.3) is 0 Å². The first-order chi connectivity index (χ1) is 15.8. The Morgan fingerprint density at radius 1 is 0.939 bits per heavy atom. The van der Waals surface area contributed by atoms with Crippen LogP contribution in [0.4, 0.5) is 5.69 Å². The van der Waals surface area contributed by atoms with Crippen LogP contribution in [0.2, 0.25) is 0 Å². The molecule has 9 heteroatoms. The van der Waals surface area contributed by atoms with Crippen LogP contribution < -0.4 is 19.5 Å². The molecule has 0 spiro atoms. The molecule has 0 aliphatic carbocycles. The van der Waals surface area contributed by atoms with Crippen LogP contribution >= 0.6 is 11.8 Å². The predicted octanol–water partition coefficient (Wildman–Crippen LogP) is 5.14. The van der Waals surface area contributed by atoms with Crippen LogP contribution in [0.3, 0.4) is 0 Å². The Morgan fingerprint density at radius 3 is 2.21 bits per heavy atom. The van der Waals surface area contributed by atoms with E-state index in [4.69, 9.17) is 14.2 Å². The average molecular weight is 471 g/mol. The van der Waals surface area contributed by atoms with Crippen LogP contribution in [0.5, 0.6) is 17.2 Å². The van der Waals surface area contributed by atoms with Gasteiger partial charge in [-0.2, -0.15) is 0 Å². The molecular formula is C24H30N4O4S. The van der Waals surface area contributed by atoms with Crippen LogP contribution in [-0.2, 0) is 4.79 Å². The number of hydrogen-bond donors (Lipinski definition) is 1. The molecule has 3 rings (SSSR count). The number of ether oxygens (including phenoxy) is 3. The SMILES string of the molecule is COc1ccc(NC(=O)C(C)Sc2nnc(C(C)Oc3ccccc3OC)n2C(C)C)cc1. The van der Waals surface area contributed by atoms with Gasteiger partial charge in [-0.25, -0.2) is 0 Å². The van der Waals surface area contributed by atoms with Gasteiger partial charge >= 0.3 is 0 Å². The lowest BCUT2D eigenvalue weighted by Gasteiger charge is -2.20. The lowest BCUT2D eigenvalue weighted by molar-refractivity contribution is -0.115. The molecule has 0 bridgehead atoms. The molecule has 33 heavy (non-hydrogen) atoms. The maximum absolute atomic E-state index is 12.7. The maximum Gasteiger partial charge on any atom is 0.237 e. The van der Waals surface area contributed by atoms with Crippen molar-refractivity contribution in [2.24, 2.45) is 0 Å². The highest BCUT2D eigenvalue weighted by Crippen LogP contribution is 2.33. The summed E-state index contributed by atoms with van der Waals surface area (Å²) in [6.45, 7) is 7.87. The maximum atomic E-state index is 12.7. The number of thioether (sulfide) groups is 1. The molecule has 2 unspecified atom stereocenters. The highest BCUT2D eigenvalue weighted by Gasteiger charge is 2.25. The third-order valence-electron chi connectivity index (χ3n) is 4.95. The average Bonchev–Trinajstić information content (AvgIpc) is 3.23. The fourth-order valence-electron chi connectivity index (χ4n) is 3.22. The second kappa shape index (κ2) is 11.1. The van der Waals surface area contributed by atoms with E-state index in [1.807, 2.05) is 42.7 Å². The zero-order valence-corrected chi connectivity index (χ0v) is 20.6. The van der Waals surface area contributed by atoms with Gasteiger partial charge in [-0.05, 0) is 64.1 Å². The zero-order valence-electron chi connectivity index (χ0n) is 19.7. The largest absolute Gasteiger partial charge is 0.497 e. The minimum atomic E-state index is -0.382. The fraction of sp³-hybridized carbons (Fsp3) is 0.375. The first-order valence-electron chi connectivity index (χ1n) is 10.7. The molecule has 1 heterocycles. The zero-order chi connectivity index (χ0) is 24.0. The summed E-state index contributed by atoms with van der Waals surface area (Å²) in [5.74, 6) is 2.58. The molecular weight excluding hydrogens is 440 g/mol. The van der Waals surface area contributed by atoms with Crippen molar-refractivity contribution in [1.82, 2.24) is 14.8 Å². The van der Waals surface area contributed by atoms with Crippen molar-refractivity contribution in [2.75, 3.05) is 19.5 Å². The van der Waals surface area contributed by atoms with E-state index in [0.29, 0.717) is 28.2 Å². The lowest BCUT2D eigenvalue weighted by Crippen LogP contribution is -2.23. The van der Waals surface area contributed by atoms with Gasteiger partial charge in [0.2, 0.25) is 5.91 Å². The number of nitrogens with zero attached hydrogens (tertiary/aromatic N) is 3. The second-order valence-electron chi connectivity index (χ2n) is 7.69. The Kier molecular flexibility index (Phi) is 8.21. The molecule has 1 aromatic heterocycles. The number of rotatable bonds is 10. The van der Waals surface area contributed by atoms with E-state index >= 15 is 0 Å². The molecule has 0 fully saturated rings. The van der Waals surface area contributed by atoms with Gasteiger partial charge in [-0.1, -0.05) is 23.9 Å². The Bertz CT molecular complexity index is 1070. The van der Waals surface area contributed by atoms with E-state index < -0.39 is 0 Å². The lowest BCUT2D eigenvalue weighted by atomic mass is 10.3. The number of para-hydroxylation sites is 2. The number of aromatic nitrogens is 3. The highest BCUT2D eigenvalue weighted by molar-refractivity contribution is 8.00. The quantitative estimate of drug-likeness (QED) is 0.411. The van der Waals surface area contributed by atoms with Gasteiger partial charge in [0.05, 0.1) is 19.5 Å². The van der Waals surface area contributed by atoms with E-state index in [-0.39, 0.29) is 23.3 Å². The van der Waals surface area contributed by atoms with E-state index in [0.717, 1.165) is 5.75 Å². The summed E-state index contributed by atoms with van der Waals surface area (Å²) in [6.07, 6.45) is -0.367. The van der Waals surface area contributed by atoms with Gasteiger partial charge in [0.1, 0.15) is 5.75 Å². The van der Waals surface area contributed by atoms with Crippen LogP contribution in [0.15, 0.2) is 53.7 Å². The number of carbonyl (C=O) groups is 1. The third-order valence-corrected chi connectivity index (χ3v) is 6.01. The summed E-state index contributed by atoms with van der Waals surface area (Å²) in [7, 11) is 3.21. The number of methoxy groups -OCH3 is 2. The Labute approximate surface area is 198 Å². The smallest absolute Gasteiger partial charge is 0.237 e. The van der Waals surface area contributed by atoms with Gasteiger partial charge < -0.3 is 24.1 Å². The van der Waals surface area contributed by atoms with Crippen molar-refractivity contribution in [3.63, 3.8) is 0 Å². The molecule has 176 valence electrons. The minimum Gasteiger partial charge on any atom is -0.497 e. The number of nitrogens with one attached hydrogen (secondary N) is 1. The Hall–Kier alpha value is -3.20. The van der Waals surface area contributed by atoms with Crippen LogP contribution in [0, 0.1) is 0 Å². The van der Waals surface area contributed by atoms with Crippen molar-refractivity contribution in [3.05, 3.63) is 54.4 Å². The molecule has 8 nitrogen and oxygen atoms in total. The number of amides is 1. The summed E-state index contributed by atoms with van der Waals surface area (Å²) < 4.78 is 18.7. The van der Waals surface area contributed by atoms with Crippen molar-refractivity contribution < 1.29 is 19.0 Å². The molecule has 0 radical (unpaired) electrons. The van der Waals surface area contributed by atoms with E-state index in [9.17, 15) is 4.79 Å². The predicted molar refractivity (Wildman–Crippen MR) is 129 cm³/mol. The van der Waals surface area contributed by atoms with Crippen molar-refractivity contribution in [2.45, 2.75) is 50.2 Å². The van der Waals surface area contributed by atoms with Crippen LogP contribution in [0.25, 0.3) is 0 Å². The summed E-state index contributed by atoms with van der Waals surface area (Å²) in [5, 5.41) is 12.0. The minimum absolute atomic E-state index is 0.0815. The molecule has 0 saturated heterocycles. The molecule has 0 aliphatic heterocycles. The normalized spacial score (nSPS) is 12.8. The third kappa shape index (κ3) is 5.98. The van der Waals surface area contributed by atoms with E-state index in [1.165, 1.54) is 11.8 Å². The number of anilines is 1. The molecule has 3 aromatic rings. The molecule has 1 amide bonds. The summed E-state index contributed by atoms with van der Waals surface area (Å²) in [5.41, 5.74) is 0.707. The Balaban J connectivity index is 1.73. The summed E-state index contributed by atoms with van der Waals surface area (Å²) in [4.78, 5) is 12.7. The molecule has 2 aromatic carbocycles. The van der Waals surface area contributed by atoms with Crippen LogP contribution in [0.1, 0.15) is 45.7 Å². The standard InChI is InChI=1S/C24H30N4O4S/c1-15(2)28-22(16(3)32-21-10-8-7-9-20(21)31-6)26-27-24(28)33-17(4)23(29)25-18-11-13-19(30-5)14-12-18/h7-17H,1-6H3,(H,25,29). The number of carbonyl (C=O) groups excluding carboxylic acids is 1. The summed E-state index contributed by atoms with van der Waals surface area (Å²) >= 11 is 1.36. The van der Waals surface area contributed by atoms with Gasteiger partial charge in [0, 0.05) is 11.7 Å². The van der Waals surface area contributed by atoms with Gasteiger partial charge in [-0.15, -0.1) is 10.2 Å². The van der Waals surface area contributed by atoms with Crippen LogP contribution in [-0.4, -0.2) is 40.1 Å². The van der Waals surface area contributed by atoms with Crippen molar-refractivity contribution in [1.29, 1.82) is 0 Å². The van der Waals surface area contributed by atoms with Crippen molar-refractivity contribution in [3.8, 4) is 17.2 Å². The summed E-state index contributed by atoms with van der Waals surface area (Å²) in [6, 6.07) is 14.8. The second-order valence-corrected chi connectivity index (χ2v) is 9.00. The molecule has 0 aliphatic rings. The number of benzene rings is 2. The fourth-order valence-corrected chi connectivity index (χ4v) is 4.21. The molecule has 2 atom stereocenters. The van der Waals surface area contributed by atoms with E-state index in [2.05, 4.69) is 29.4 Å². The van der Waals surface area contributed by atoms with Gasteiger partial charge in [-0.3, -0.25) is 4.79 Å². The topological polar surface area (TPSA) is 87.5 Å². The highest BCUT2D eigenvalue weighted by atomic mass is 32.2. The number of hydrogen-bond acceptors (Lipinski definition) is 7. The first-order valence-corrected chi connectivity index (χ1v) is 11.6. The van der Waals surface area contributed by atoms with E-state index in [1.54, 1.807) is 38.5 Å². The first kappa shape index (κ1) is 24.4. The monoisotopic (exact) mass is 470 g/mol.